The second-order valence-electron chi connectivity index (χ2n) is 6.63. The molecule has 2 atom stereocenters. The average Bonchev–Trinajstić information content (AvgIpc) is 2.65. The summed E-state index contributed by atoms with van der Waals surface area (Å²) in [6.07, 6.45) is 8.48. The molecule has 0 radical (unpaired) electrons. The van der Waals surface area contributed by atoms with Gasteiger partial charge in [0.15, 0.2) is 0 Å². The Balaban J connectivity index is 2.09. The Bertz CT molecular complexity index is 401. The number of rotatable bonds is 0. The van der Waals surface area contributed by atoms with Gasteiger partial charge in [0, 0.05) is 5.41 Å². The monoisotopic (exact) mass is 218 g/mol. The van der Waals surface area contributed by atoms with E-state index in [1.165, 1.54) is 43.4 Å². The summed E-state index contributed by atoms with van der Waals surface area (Å²) in [5, 5.41) is 0. The van der Waals surface area contributed by atoms with Crippen LogP contribution in [0.5, 0.6) is 0 Å². The number of aryl methyl sites for hydroxylation is 1. The van der Waals surface area contributed by atoms with Gasteiger partial charge >= 0.3 is 0 Å². The molecule has 0 aromatic carbocycles. The van der Waals surface area contributed by atoms with E-state index in [0.29, 0.717) is 10.8 Å². The zero-order valence-electron chi connectivity index (χ0n) is 10.7. The molecule has 16 heavy (non-hydrogen) atoms. The van der Waals surface area contributed by atoms with Gasteiger partial charge in [-0.3, -0.25) is 0 Å². The Kier molecular flexibility index (Phi) is 2.05. The quantitative estimate of drug-likeness (QED) is 0.632. The van der Waals surface area contributed by atoms with Gasteiger partial charge in [-0.05, 0) is 48.6 Å². The second kappa shape index (κ2) is 3.15. The highest BCUT2D eigenvalue weighted by molar-refractivity contribution is 5.31. The van der Waals surface area contributed by atoms with Crippen LogP contribution in [0, 0.1) is 11.3 Å². The highest BCUT2D eigenvalue weighted by atomic mass is 16.3. The first-order valence-corrected chi connectivity index (χ1v) is 6.61. The van der Waals surface area contributed by atoms with E-state index in [2.05, 4.69) is 26.8 Å². The minimum absolute atomic E-state index is 0.304. The molecule has 1 aromatic heterocycles. The van der Waals surface area contributed by atoms with E-state index in [1.807, 2.05) is 6.26 Å². The summed E-state index contributed by atoms with van der Waals surface area (Å²) < 4.78 is 5.82. The fourth-order valence-electron chi connectivity index (χ4n) is 4.44. The normalized spacial score (nSPS) is 36.6. The fourth-order valence-corrected chi connectivity index (χ4v) is 4.44. The van der Waals surface area contributed by atoms with E-state index in [0.717, 1.165) is 5.92 Å². The van der Waals surface area contributed by atoms with Crippen LogP contribution < -0.4 is 0 Å². The van der Waals surface area contributed by atoms with E-state index < -0.39 is 0 Å². The Labute approximate surface area is 98.2 Å². The highest BCUT2D eigenvalue weighted by Crippen LogP contribution is 2.57. The van der Waals surface area contributed by atoms with Crippen molar-refractivity contribution in [3.8, 4) is 0 Å². The highest BCUT2D eigenvalue weighted by Gasteiger charge is 2.51. The van der Waals surface area contributed by atoms with E-state index >= 15 is 0 Å². The van der Waals surface area contributed by atoms with Crippen molar-refractivity contribution in [3.05, 3.63) is 23.7 Å². The molecule has 2 aliphatic carbocycles. The molecule has 0 N–H and O–H groups in total. The van der Waals surface area contributed by atoms with Crippen LogP contribution in [0.1, 0.15) is 57.8 Å². The Morgan fingerprint density at radius 2 is 2.06 bits per heavy atom. The molecular weight excluding hydrogens is 196 g/mol. The van der Waals surface area contributed by atoms with E-state index in [-0.39, 0.29) is 0 Å². The molecule has 0 spiro atoms. The number of fused-ring (bicyclic) bond motifs is 3. The van der Waals surface area contributed by atoms with Gasteiger partial charge < -0.3 is 4.42 Å². The van der Waals surface area contributed by atoms with Gasteiger partial charge in [0.2, 0.25) is 0 Å². The molecule has 0 unspecified atom stereocenters. The predicted octanol–water partition coefficient (Wildman–Crippen LogP) is 4.31. The molecule has 1 nitrogen and oxygen atoms in total. The molecule has 0 aliphatic heterocycles. The van der Waals surface area contributed by atoms with E-state index in [9.17, 15) is 0 Å². The maximum Gasteiger partial charge on any atom is 0.113 e. The second-order valence-corrected chi connectivity index (χ2v) is 6.63. The fraction of sp³-hybridized carbons (Fsp3) is 0.733. The Hall–Kier alpha value is -0.720. The summed E-state index contributed by atoms with van der Waals surface area (Å²) in [6.45, 7) is 7.33. The van der Waals surface area contributed by atoms with Gasteiger partial charge in [-0.25, -0.2) is 0 Å². The van der Waals surface area contributed by atoms with Crippen molar-refractivity contribution in [2.45, 2.75) is 58.3 Å². The largest absolute Gasteiger partial charge is 0.468 e. The maximum absolute atomic E-state index is 5.82. The van der Waals surface area contributed by atoms with Crippen molar-refractivity contribution in [2.75, 3.05) is 0 Å². The van der Waals surface area contributed by atoms with Crippen LogP contribution in [-0.2, 0) is 11.8 Å². The van der Waals surface area contributed by atoms with Crippen LogP contribution in [-0.4, -0.2) is 0 Å². The predicted molar refractivity (Wildman–Crippen MR) is 65.5 cm³/mol. The average molecular weight is 218 g/mol. The number of hydrogen-bond donors (Lipinski definition) is 0. The summed E-state index contributed by atoms with van der Waals surface area (Å²) in [4.78, 5) is 0. The van der Waals surface area contributed by atoms with Crippen LogP contribution in [0.2, 0.25) is 0 Å². The molecule has 0 bridgehead atoms. The lowest BCUT2D eigenvalue weighted by molar-refractivity contribution is 0.0271. The molecule has 1 saturated carbocycles. The zero-order chi connectivity index (χ0) is 11.4. The molecule has 1 fully saturated rings. The third-order valence-corrected chi connectivity index (χ3v) is 5.20. The summed E-state index contributed by atoms with van der Waals surface area (Å²) >= 11 is 0. The van der Waals surface area contributed by atoms with Crippen molar-refractivity contribution in [1.82, 2.24) is 0 Å². The van der Waals surface area contributed by atoms with Gasteiger partial charge in [0.05, 0.1) is 6.26 Å². The summed E-state index contributed by atoms with van der Waals surface area (Å²) in [5.74, 6) is 2.10. The van der Waals surface area contributed by atoms with Gasteiger partial charge in [-0.2, -0.15) is 0 Å². The van der Waals surface area contributed by atoms with E-state index in [4.69, 9.17) is 4.42 Å². The topological polar surface area (TPSA) is 13.1 Å². The first-order chi connectivity index (χ1) is 7.54. The molecule has 2 aliphatic rings. The van der Waals surface area contributed by atoms with Crippen molar-refractivity contribution >= 4 is 0 Å². The molecule has 0 saturated heterocycles. The number of furan rings is 1. The summed E-state index contributed by atoms with van der Waals surface area (Å²) in [6, 6.07) is 2.18. The third-order valence-electron chi connectivity index (χ3n) is 5.20. The lowest BCUT2D eigenvalue weighted by Crippen LogP contribution is -2.47. The lowest BCUT2D eigenvalue weighted by Gasteiger charge is -2.52. The molecule has 88 valence electrons. The van der Waals surface area contributed by atoms with Gasteiger partial charge in [-0.1, -0.05) is 27.2 Å². The van der Waals surface area contributed by atoms with Crippen molar-refractivity contribution in [3.63, 3.8) is 0 Å². The molecule has 1 heterocycles. The summed E-state index contributed by atoms with van der Waals surface area (Å²) in [5.41, 5.74) is 2.26. The SMILES string of the molecule is CC1(C)CCC[C@@]2(C)c3occc3CC[C@H]12. The minimum atomic E-state index is 0.304. The van der Waals surface area contributed by atoms with Crippen LogP contribution in [0.25, 0.3) is 0 Å². The van der Waals surface area contributed by atoms with Crippen molar-refractivity contribution in [1.29, 1.82) is 0 Å². The molecule has 1 aromatic rings. The Morgan fingerprint density at radius 1 is 1.25 bits per heavy atom. The van der Waals surface area contributed by atoms with Gasteiger partial charge in [-0.15, -0.1) is 0 Å². The van der Waals surface area contributed by atoms with Crippen molar-refractivity contribution in [2.24, 2.45) is 11.3 Å². The van der Waals surface area contributed by atoms with Gasteiger partial charge in [0.1, 0.15) is 5.76 Å². The molecule has 1 heteroatoms. The van der Waals surface area contributed by atoms with Crippen LogP contribution in [0.15, 0.2) is 16.7 Å². The summed E-state index contributed by atoms with van der Waals surface area (Å²) in [7, 11) is 0. The maximum atomic E-state index is 5.82. The lowest BCUT2D eigenvalue weighted by atomic mass is 9.52. The zero-order valence-corrected chi connectivity index (χ0v) is 10.7. The third kappa shape index (κ3) is 1.23. The van der Waals surface area contributed by atoms with Gasteiger partial charge in [0.25, 0.3) is 0 Å². The Morgan fingerprint density at radius 3 is 2.88 bits per heavy atom. The minimum Gasteiger partial charge on any atom is -0.468 e. The molecule has 3 rings (SSSR count). The van der Waals surface area contributed by atoms with Crippen LogP contribution in [0.3, 0.4) is 0 Å². The smallest absolute Gasteiger partial charge is 0.113 e. The first kappa shape index (κ1) is 10.4. The van der Waals surface area contributed by atoms with Crippen LogP contribution >= 0.6 is 0 Å². The number of hydrogen-bond acceptors (Lipinski definition) is 1. The van der Waals surface area contributed by atoms with E-state index in [1.54, 1.807) is 0 Å². The molecular formula is C15H22O. The van der Waals surface area contributed by atoms with Crippen molar-refractivity contribution < 1.29 is 4.42 Å². The standard InChI is InChI=1S/C15H22O/c1-14(2)8-4-9-15(3)12(14)6-5-11-7-10-16-13(11)15/h7,10,12H,4-6,8-9H2,1-3H3/t12-,15-/m1/s1. The first-order valence-electron chi connectivity index (χ1n) is 6.61. The van der Waals surface area contributed by atoms with Crippen LogP contribution in [0.4, 0.5) is 0 Å². The molecule has 0 amide bonds.